The normalized spacial score (nSPS) is 15.3. The van der Waals surface area contributed by atoms with Crippen molar-refractivity contribution in [2.75, 3.05) is 11.9 Å². The second-order valence-corrected chi connectivity index (χ2v) is 7.79. The molecule has 0 radical (unpaired) electrons. The molecule has 0 unspecified atom stereocenters. The van der Waals surface area contributed by atoms with Crippen LogP contribution in [0.25, 0.3) is 22.0 Å². The molecular formula is C23H25F2N3O2. The van der Waals surface area contributed by atoms with Gasteiger partial charge in [0.05, 0.1) is 5.69 Å². The topological polar surface area (TPSA) is 58.5 Å². The van der Waals surface area contributed by atoms with Gasteiger partial charge in [0, 0.05) is 18.7 Å². The van der Waals surface area contributed by atoms with Gasteiger partial charge in [0.1, 0.15) is 11.5 Å². The largest absolute Gasteiger partial charge is 0.507 e. The van der Waals surface area contributed by atoms with E-state index in [1.54, 1.807) is 12.1 Å². The summed E-state index contributed by atoms with van der Waals surface area (Å²) < 4.78 is 29.3. The third kappa shape index (κ3) is 4.45. The number of aromatic nitrogens is 2. The van der Waals surface area contributed by atoms with Crippen molar-refractivity contribution in [3.05, 3.63) is 42.5 Å². The molecule has 0 spiro atoms. The fraction of sp³-hybridized carbons (Fsp3) is 0.391. The summed E-state index contributed by atoms with van der Waals surface area (Å²) in [5, 5.41) is 20.6. The quantitative estimate of drug-likeness (QED) is 0.539. The van der Waals surface area contributed by atoms with E-state index in [-0.39, 0.29) is 11.5 Å². The molecule has 1 N–H and O–H groups in total. The number of hydrogen-bond acceptors (Lipinski definition) is 5. The van der Waals surface area contributed by atoms with Crippen molar-refractivity contribution in [2.45, 2.75) is 51.2 Å². The molecule has 0 saturated heterocycles. The van der Waals surface area contributed by atoms with Crippen LogP contribution in [0, 0.1) is 0 Å². The Labute approximate surface area is 174 Å². The fourth-order valence-corrected chi connectivity index (χ4v) is 4.13. The molecule has 0 bridgehead atoms. The second-order valence-electron chi connectivity index (χ2n) is 7.79. The van der Waals surface area contributed by atoms with Crippen LogP contribution in [-0.4, -0.2) is 35.0 Å². The number of nitrogens with zero attached hydrogens (tertiary/aromatic N) is 3. The number of aromatic hydroxyl groups is 1. The summed E-state index contributed by atoms with van der Waals surface area (Å²) in [7, 11) is 2.06. The first-order valence-electron chi connectivity index (χ1n) is 10.3. The molecule has 1 heterocycles. The van der Waals surface area contributed by atoms with Crippen LogP contribution in [0.2, 0.25) is 0 Å². The molecule has 5 nitrogen and oxygen atoms in total. The van der Waals surface area contributed by atoms with Gasteiger partial charge in [0.25, 0.3) is 0 Å². The molecule has 1 saturated carbocycles. The predicted octanol–water partition coefficient (Wildman–Crippen LogP) is 5.76. The molecule has 0 atom stereocenters. The molecule has 30 heavy (non-hydrogen) atoms. The average Bonchev–Trinajstić information content (AvgIpc) is 3.02. The van der Waals surface area contributed by atoms with Crippen molar-refractivity contribution in [1.29, 1.82) is 0 Å². The number of hydrogen-bond donors (Lipinski definition) is 1. The first kappa shape index (κ1) is 20.3. The number of phenols is 1. The Morgan fingerprint density at radius 1 is 0.967 bits per heavy atom. The molecule has 2 aromatic carbocycles. The monoisotopic (exact) mass is 413 g/mol. The minimum absolute atomic E-state index is 0.0101. The van der Waals surface area contributed by atoms with Crippen molar-refractivity contribution >= 4 is 16.6 Å². The van der Waals surface area contributed by atoms with Gasteiger partial charge in [0.2, 0.25) is 0 Å². The highest BCUT2D eigenvalue weighted by molar-refractivity contribution is 5.90. The number of alkyl halides is 2. The molecule has 4 rings (SSSR count). The van der Waals surface area contributed by atoms with E-state index in [4.69, 9.17) is 0 Å². The minimum atomic E-state index is -2.89. The van der Waals surface area contributed by atoms with Gasteiger partial charge in [-0.15, -0.1) is 10.2 Å². The summed E-state index contributed by atoms with van der Waals surface area (Å²) in [5.41, 5.74) is 1.10. The molecule has 0 amide bonds. The van der Waals surface area contributed by atoms with Crippen LogP contribution in [0.4, 0.5) is 14.6 Å². The lowest BCUT2D eigenvalue weighted by Gasteiger charge is -2.27. The van der Waals surface area contributed by atoms with Crippen LogP contribution < -0.4 is 9.64 Å². The van der Waals surface area contributed by atoms with E-state index in [0.717, 1.165) is 11.2 Å². The highest BCUT2D eigenvalue weighted by atomic mass is 19.3. The zero-order chi connectivity index (χ0) is 21.1. The smallest absolute Gasteiger partial charge is 0.387 e. The second kappa shape index (κ2) is 8.81. The van der Waals surface area contributed by atoms with Gasteiger partial charge in [-0.2, -0.15) is 8.78 Å². The molecule has 0 aliphatic heterocycles. The van der Waals surface area contributed by atoms with E-state index in [0.29, 0.717) is 22.7 Å². The number of anilines is 1. The van der Waals surface area contributed by atoms with E-state index < -0.39 is 6.61 Å². The first-order chi connectivity index (χ1) is 14.5. The summed E-state index contributed by atoms with van der Waals surface area (Å²) in [6.07, 6.45) is 7.42. The molecule has 7 heteroatoms. The number of benzene rings is 2. The van der Waals surface area contributed by atoms with Crippen LogP contribution in [0.15, 0.2) is 42.5 Å². The van der Waals surface area contributed by atoms with Gasteiger partial charge in [-0.3, -0.25) is 0 Å². The summed E-state index contributed by atoms with van der Waals surface area (Å²) in [6, 6.07) is 12.2. The van der Waals surface area contributed by atoms with Crippen molar-refractivity contribution in [1.82, 2.24) is 10.2 Å². The molecule has 158 valence electrons. The van der Waals surface area contributed by atoms with Crippen LogP contribution in [0.3, 0.4) is 0 Å². The summed E-state index contributed by atoms with van der Waals surface area (Å²) >= 11 is 0. The number of rotatable bonds is 5. The number of phenolic OH excluding ortho intramolecular Hbond substituents is 1. The number of fused-ring (bicyclic) bond motifs is 1. The fourth-order valence-electron chi connectivity index (χ4n) is 4.13. The highest BCUT2D eigenvalue weighted by Crippen LogP contribution is 2.34. The first-order valence-corrected chi connectivity index (χ1v) is 10.3. The van der Waals surface area contributed by atoms with E-state index in [1.807, 2.05) is 12.1 Å². The Kier molecular flexibility index (Phi) is 5.97. The molecule has 1 aliphatic carbocycles. The summed E-state index contributed by atoms with van der Waals surface area (Å²) in [6.45, 7) is -2.89. The third-order valence-electron chi connectivity index (χ3n) is 5.81. The maximum absolute atomic E-state index is 12.4. The van der Waals surface area contributed by atoms with Crippen molar-refractivity contribution in [3.8, 4) is 22.8 Å². The molecule has 1 aromatic heterocycles. The van der Waals surface area contributed by atoms with Crippen LogP contribution in [-0.2, 0) is 0 Å². The molecular weight excluding hydrogens is 388 g/mol. The lowest BCUT2D eigenvalue weighted by molar-refractivity contribution is -0.0497. The average molecular weight is 413 g/mol. The maximum Gasteiger partial charge on any atom is 0.387 e. The third-order valence-corrected chi connectivity index (χ3v) is 5.81. The lowest BCUT2D eigenvalue weighted by atomic mass is 10.0. The SMILES string of the molecule is CN(c1ccc(-c2cc3ccc(OC(F)F)cc3cc2O)nn1)C1CCCCCC1. The van der Waals surface area contributed by atoms with Gasteiger partial charge in [-0.25, -0.2) is 0 Å². The van der Waals surface area contributed by atoms with Gasteiger partial charge < -0.3 is 14.7 Å². The van der Waals surface area contributed by atoms with E-state index in [2.05, 4.69) is 26.9 Å². The summed E-state index contributed by atoms with van der Waals surface area (Å²) in [5.74, 6) is 0.880. The van der Waals surface area contributed by atoms with E-state index >= 15 is 0 Å². The zero-order valence-electron chi connectivity index (χ0n) is 16.9. The van der Waals surface area contributed by atoms with Gasteiger partial charge in [0.15, 0.2) is 5.82 Å². The highest BCUT2D eigenvalue weighted by Gasteiger charge is 2.19. The van der Waals surface area contributed by atoms with Gasteiger partial charge in [-0.05, 0) is 60.0 Å². The minimum Gasteiger partial charge on any atom is -0.507 e. The van der Waals surface area contributed by atoms with E-state index in [9.17, 15) is 13.9 Å². The Balaban J connectivity index is 1.58. The van der Waals surface area contributed by atoms with Gasteiger partial charge in [-0.1, -0.05) is 31.7 Å². The van der Waals surface area contributed by atoms with Crippen molar-refractivity contribution < 1.29 is 18.6 Å². The number of ether oxygens (including phenoxy) is 1. The molecule has 1 aliphatic rings. The van der Waals surface area contributed by atoms with Crippen LogP contribution in [0.5, 0.6) is 11.5 Å². The zero-order valence-corrected chi connectivity index (χ0v) is 16.9. The Morgan fingerprint density at radius 2 is 1.73 bits per heavy atom. The van der Waals surface area contributed by atoms with Crippen molar-refractivity contribution in [3.63, 3.8) is 0 Å². The Hall–Kier alpha value is -2.96. The predicted molar refractivity (Wildman–Crippen MR) is 113 cm³/mol. The number of halogens is 2. The molecule has 3 aromatic rings. The van der Waals surface area contributed by atoms with Crippen LogP contribution >= 0.6 is 0 Å². The van der Waals surface area contributed by atoms with E-state index in [1.165, 1.54) is 56.7 Å². The standard InChI is InChI=1S/C23H25F2N3O2/c1-28(17-6-4-2-3-5-7-17)22-11-10-20(26-27-22)19-13-15-8-9-18(30-23(24)25)12-16(15)14-21(19)29/h8-14,17,23,29H,2-7H2,1H3. The Morgan fingerprint density at radius 3 is 2.40 bits per heavy atom. The maximum atomic E-state index is 12.4. The lowest BCUT2D eigenvalue weighted by Crippen LogP contribution is -2.31. The van der Waals surface area contributed by atoms with Crippen molar-refractivity contribution in [2.24, 2.45) is 0 Å². The summed E-state index contributed by atoms with van der Waals surface area (Å²) in [4.78, 5) is 2.20. The molecule has 1 fully saturated rings. The Bertz CT molecular complexity index is 1000. The van der Waals surface area contributed by atoms with Gasteiger partial charge >= 0.3 is 6.61 Å². The van der Waals surface area contributed by atoms with Crippen LogP contribution in [0.1, 0.15) is 38.5 Å².